The van der Waals surface area contributed by atoms with Crippen LogP contribution in [-0.4, -0.2) is 38.5 Å². The van der Waals surface area contributed by atoms with Crippen molar-refractivity contribution in [3.63, 3.8) is 0 Å². The molecule has 1 atom stereocenters. The molecule has 7 nitrogen and oxygen atoms in total. The third-order valence-corrected chi connectivity index (χ3v) is 4.33. The van der Waals surface area contributed by atoms with Gasteiger partial charge in [-0.2, -0.15) is 5.10 Å². The van der Waals surface area contributed by atoms with Crippen molar-refractivity contribution in [2.75, 3.05) is 20.3 Å². The number of fused-ring (bicyclic) bond motifs is 1. The molecule has 0 aromatic heterocycles. The summed E-state index contributed by atoms with van der Waals surface area (Å²) in [5.74, 6) is 2.66. The molecule has 0 fully saturated rings. The Hall–Kier alpha value is -3.22. The van der Waals surface area contributed by atoms with Crippen LogP contribution in [0.15, 0.2) is 47.6 Å². The fraction of sp³-hybridized carbons (Fsp3) is 0.364. The van der Waals surface area contributed by atoms with Gasteiger partial charge in [-0.1, -0.05) is 26.0 Å². The molecule has 1 aliphatic heterocycles. The molecule has 0 unspecified atom stereocenters. The molecule has 0 spiro atoms. The van der Waals surface area contributed by atoms with Gasteiger partial charge in [0, 0.05) is 0 Å². The molecule has 1 N–H and O–H groups in total. The first-order valence-corrected chi connectivity index (χ1v) is 9.59. The molecule has 0 bridgehead atoms. The molecule has 29 heavy (non-hydrogen) atoms. The summed E-state index contributed by atoms with van der Waals surface area (Å²) in [7, 11) is 1.59. The number of hydrogen-bond donors (Lipinski definition) is 1. The van der Waals surface area contributed by atoms with E-state index >= 15 is 0 Å². The molecule has 0 saturated carbocycles. The Morgan fingerprint density at radius 1 is 1.24 bits per heavy atom. The number of hydrogen-bond acceptors (Lipinski definition) is 6. The molecule has 1 aliphatic rings. The highest BCUT2D eigenvalue weighted by Gasteiger charge is 2.26. The van der Waals surface area contributed by atoms with E-state index in [-0.39, 0.29) is 12.5 Å². The second-order valence-corrected chi connectivity index (χ2v) is 7.04. The van der Waals surface area contributed by atoms with Crippen LogP contribution in [0.1, 0.15) is 25.8 Å². The van der Waals surface area contributed by atoms with Gasteiger partial charge in [0.2, 0.25) is 6.10 Å². The zero-order chi connectivity index (χ0) is 20.6. The highest BCUT2D eigenvalue weighted by molar-refractivity contribution is 5.85. The number of carbonyl (C=O) groups excluding carboxylic acids is 1. The Labute approximate surface area is 170 Å². The van der Waals surface area contributed by atoms with Crippen molar-refractivity contribution in [2.24, 2.45) is 11.0 Å². The van der Waals surface area contributed by atoms with Crippen molar-refractivity contribution >= 4 is 12.1 Å². The molecule has 0 aliphatic carbocycles. The number of amides is 1. The molecule has 154 valence electrons. The van der Waals surface area contributed by atoms with E-state index in [9.17, 15) is 4.79 Å². The van der Waals surface area contributed by atoms with E-state index in [1.165, 1.54) is 6.21 Å². The summed E-state index contributed by atoms with van der Waals surface area (Å²) in [5.41, 5.74) is 3.25. The van der Waals surface area contributed by atoms with Gasteiger partial charge >= 0.3 is 0 Å². The van der Waals surface area contributed by atoms with Crippen molar-refractivity contribution in [3.05, 3.63) is 48.0 Å². The molecule has 0 radical (unpaired) electrons. The summed E-state index contributed by atoms with van der Waals surface area (Å²) >= 11 is 0. The maximum Gasteiger partial charge on any atom is 0.284 e. The topological polar surface area (TPSA) is 78.4 Å². The zero-order valence-corrected chi connectivity index (χ0v) is 16.9. The first kappa shape index (κ1) is 20.5. The highest BCUT2D eigenvalue weighted by atomic mass is 16.6. The number of methoxy groups -OCH3 is 1. The number of nitrogens with one attached hydrogen (secondary N) is 1. The van der Waals surface area contributed by atoms with Crippen LogP contribution in [0.4, 0.5) is 0 Å². The number of ether oxygens (including phenoxy) is 4. The third kappa shape index (κ3) is 5.63. The van der Waals surface area contributed by atoms with E-state index in [0.717, 1.165) is 12.0 Å². The lowest BCUT2D eigenvalue weighted by Gasteiger charge is -2.24. The van der Waals surface area contributed by atoms with Crippen LogP contribution in [0.3, 0.4) is 0 Å². The van der Waals surface area contributed by atoms with Crippen LogP contribution in [0.2, 0.25) is 0 Å². The summed E-state index contributed by atoms with van der Waals surface area (Å²) < 4.78 is 22.4. The zero-order valence-electron chi connectivity index (χ0n) is 16.9. The van der Waals surface area contributed by atoms with E-state index in [1.807, 2.05) is 24.3 Å². The number of para-hydroxylation sites is 2. The smallest absolute Gasteiger partial charge is 0.284 e. The maximum atomic E-state index is 12.3. The summed E-state index contributed by atoms with van der Waals surface area (Å²) in [5, 5.41) is 4.01. The van der Waals surface area contributed by atoms with Crippen LogP contribution < -0.4 is 24.4 Å². The Balaban J connectivity index is 1.55. The van der Waals surface area contributed by atoms with Crippen LogP contribution >= 0.6 is 0 Å². The lowest BCUT2D eigenvalue weighted by Crippen LogP contribution is -2.42. The predicted octanol–water partition coefficient (Wildman–Crippen LogP) is 3.41. The maximum absolute atomic E-state index is 12.3. The van der Waals surface area contributed by atoms with Crippen molar-refractivity contribution in [3.8, 4) is 23.0 Å². The monoisotopic (exact) mass is 398 g/mol. The van der Waals surface area contributed by atoms with Gasteiger partial charge < -0.3 is 18.9 Å². The van der Waals surface area contributed by atoms with Crippen molar-refractivity contribution in [1.82, 2.24) is 5.43 Å². The standard InChI is InChI=1S/C22H26N2O5/c1-15(2)10-11-27-18-9-8-16(12-20(18)26-3)13-23-24-22(25)21-14-28-17-6-4-5-7-19(17)29-21/h4-9,12-13,15,21H,10-11,14H2,1-3H3,(H,24,25)/b23-13-/t21-/m0/s1. The Morgan fingerprint density at radius 3 is 2.79 bits per heavy atom. The number of benzene rings is 2. The molecular formula is C22H26N2O5. The van der Waals surface area contributed by atoms with Gasteiger partial charge in [0.1, 0.15) is 6.61 Å². The molecule has 1 amide bonds. The molecule has 7 heteroatoms. The quantitative estimate of drug-likeness (QED) is 0.545. The summed E-state index contributed by atoms with van der Waals surface area (Å²) in [6, 6.07) is 12.7. The Morgan fingerprint density at radius 2 is 2.03 bits per heavy atom. The average molecular weight is 398 g/mol. The van der Waals surface area contributed by atoms with E-state index in [0.29, 0.717) is 35.5 Å². The summed E-state index contributed by atoms with van der Waals surface area (Å²) in [6.07, 6.45) is 1.75. The molecule has 1 heterocycles. The second-order valence-electron chi connectivity index (χ2n) is 7.04. The largest absolute Gasteiger partial charge is 0.493 e. The number of nitrogens with zero attached hydrogens (tertiary/aromatic N) is 1. The fourth-order valence-corrected chi connectivity index (χ4v) is 2.68. The SMILES string of the molecule is COc1cc(/C=N\NC(=O)[C@@H]2COc3ccccc3O2)ccc1OCCC(C)C. The minimum Gasteiger partial charge on any atom is -0.493 e. The van der Waals surface area contributed by atoms with Crippen molar-refractivity contribution in [2.45, 2.75) is 26.4 Å². The Bertz CT molecular complexity index is 866. The predicted molar refractivity (Wildman–Crippen MR) is 110 cm³/mol. The number of carbonyl (C=O) groups is 1. The lowest BCUT2D eigenvalue weighted by molar-refractivity contribution is -0.130. The van der Waals surface area contributed by atoms with E-state index < -0.39 is 6.10 Å². The van der Waals surface area contributed by atoms with Crippen LogP contribution in [0.5, 0.6) is 23.0 Å². The third-order valence-electron chi connectivity index (χ3n) is 4.33. The molecule has 0 saturated heterocycles. The van der Waals surface area contributed by atoms with Gasteiger partial charge in [0.05, 0.1) is 19.9 Å². The highest BCUT2D eigenvalue weighted by Crippen LogP contribution is 2.31. The first-order valence-electron chi connectivity index (χ1n) is 9.59. The van der Waals surface area contributed by atoms with Gasteiger partial charge in [-0.3, -0.25) is 4.79 Å². The fourth-order valence-electron chi connectivity index (χ4n) is 2.68. The van der Waals surface area contributed by atoms with Crippen LogP contribution in [0, 0.1) is 5.92 Å². The van der Waals surface area contributed by atoms with E-state index in [2.05, 4.69) is 24.4 Å². The normalized spacial score (nSPS) is 15.4. The second kappa shape index (κ2) is 9.82. The average Bonchev–Trinajstić information content (AvgIpc) is 2.73. The number of rotatable bonds is 8. The summed E-state index contributed by atoms with van der Waals surface area (Å²) in [6.45, 7) is 5.06. The summed E-state index contributed by atoms with van der Waals surface area (Å²) in [4.78, 5) is 12.3. The van der Waals surface area contributed by atoms with Crippen LogP contribution in [0.25, 0.3) is 0 Å². The van der Waals surface area contributed by atoms with E-state index in [4.69, 9.17) is 18.9 Å². The van der Waals surface area contributed by atoms with Gasteiger partial charge in [-0.25, -0.2) is 5.43 Å². The van der Waals surface area contributed by atoms with Crippen molar-refractivity contribution < 1.29 is 23.7 Å². The molecule has 2 aromatic rings. The van der Waals surface area contributed by atoms with Crippen molar-refractivity contribution in [1.29, 1.82) is 0 Å². The van der Waals surface area contributed by atoms with Crippen LogP contribution in [-0.2, 0) is 4.79 Å². The molecule has 2 aromatic carbocycles. The van der Waals surface area contributed by atoms with Gasteiger partial charge in [-0.15, -0.1) is 0 Å². The van der Waals surface area contributed by atoms with Gasteiger partial charge in [-0.05, 0) is 48.2 Å². The molecular weight excluding hydrogens is 372 g/mol. The minimum absolute atomic E-state index is 0.134. The van der Waals surface area contributed by atoms with Gasteiger partial charge in [0.15, 0.2) is 23.0 Å². The minimum atomic E-state index is -0.756. The Kier molecular flexibility index (Phi) is 6.94. The van der Waals surface area contributed by atoms with E-state index in [1.54, 1.807) is 25.3 Å². The number of hydrazone groups is 1. The van der Waals surface area contributed by atoms with Gasteiger partial charge in [0.25, 0.3) is 5.91 Å². The first-order chi connectivity index (χ1) is 14.1. The molecule has 3 rings (SSSR count). The lowest BCUT2D eigenvalue weighted by atomic mass is 10.1.